The van der Waals surface area contributed by atoms with Gasteiger partial charge in [0.2, 0.25) is 0 Å². The molecule has 5 heteroatoms. The second-order valence-corrected chi connectivity index (χ2v) is 1.69. The van der Waals surface area contributed by atoms with Gasteiger partial charge in [-0.15, -0.1) is 6.42 Å². The number of methoxy groups -OCH3 is 1. The molecule has 0 aromatic carbocycles. The molecule has 0 radical (unpaired) electrons. The van der Waals surface area contributed by atoms with Gasteiger partial charge in [0, 0.05) is 0 Å². The molecule has 1 rings (SSSR count). The predicted octanol–water partition coefficient (Wildman–Crippen LogP) is 0.845. The summed E-state index contributed by atoms with van der Waals surface area (Å²) in [6.07, 6.45) is 9.22. The van der Waals surface area contributed by atoms with Gasteiger partial charge in [-0.1, -0.05) is 12.2 Å². The Morgan fingerprint density at radius 1 is 1.20 bits per heavy atom. The molecule has 0 atom stereocenters. The number of ether oxygens (including phenoxy) is 1. The minimum Gasteiger partial charge on any atom is -0.545 e. The summed E-state index contributed by atoms with van der Waals surface area (Å²) < 4.78 is 4.91. The van der Waals surface area contributed by atoms with Crippen molar-refractivity contribution in [2.45, 2.75) is 12.8 Å². The fourth-order valence-corrected chi connectivity index (χ4v) is 0.668. The van der Waals surface area contributed by atoms with Crippen LogP contribution in [0.5, 0.6) is 0 Å². The van der Waals surface area contributed by atoms with E-state index in [0.29, 0.717) is 0 Å². The molecule has 0 amide bonds. The summed E-state index contributed by atoms with van der Waals surface area (Å²) in [6.45, 7) is 9.75. The Morgan fingerprint density at radius 2 is 1.67 bits per heavy atom. The number of hydrogen-bond donors (Lipinski definition) is 0. The Labute approximate surface area is 101 Å². The van der Waals surface area contributed by atoms with E-state index >= 15 is 0 Å². The maximum atomic E-state index is 7.75. The van der Waals surface area contributed by atoms with E-state index in [9.17, 15) is 0 Å². The molecule has 1 aliphatic rings. The van der Waals surface area contributed by atoms with Crippen molar-refractivity contribution < 1.29 is 36.2 Å². The van der Waals surface area contributed by atoms with Gasteiger partial charge in [-0.3, -0.25) is 20.4 Å². The molecule has 0 aromatic heterocycles. The van der Waals surface area contributed by atoms with Gasteiger partial charge in [0.25, 0.3) is 0 Å². The van der Waals surface area contributed by atoms with Crippen LogP contribution in [0.3, 0.4) is 0 Å². The fourth-order valence-electron chi connectivity index (χ4n) is 0.668. The molecule has 0 unspecified atom stereocenters. The van der Waals surface area contributed by atoms with Crippen molar-refractivity contribution in [2.75, 3.05) is 7.11 Å². The van der Waals surface area contributed by atoms with E-state index in [4.69, 9.17) is 19.1 Å². The molecule has 0 N–H and O–H groups in total. The van der Waals surface area contributed by atoms with Gasteiger partial charge in [0.1, 0.15) is 0 Å². The first-order chi connectivity index (χ1) is 6.93. The van der Waals surface area contributed by atoms with Crippen LogP contribution in [0.4, 0.5) is 0 Å². The van der Waals surface area contributed by atoms with Crippen LogP contribution in [0.2, 0.25) is 0 Å². The third-order valence-corrected chi connectivity index (χ3v) is 1.10. The van der Waals surface area contributed by atoms with Crippen LogP contribution < -0.4 is 0 Å². The quantitative estimate of drug-likeness (QED) is 0.394. The van der Waals surface area contributed by atoms with Crippen LogP contribution in [-0.2, 0) is 36.2 Å². The number of carbonyl (C=O) groups excluding carboxylic acids is 3. The molecule has 4 nitrogen and oxygen atoms in total. The minimum absolute atomic E-state index is 0. The average molecular weight is 252 g/mol. The van der Waals surface area contributed by atoms with Crippen molar-refractivity contribution >= 4 is 20.4 Å². The topological polar surface area (TPSA) is 60.4 Å². The van der Waals surface area contributed by atoms with Gasteiger partial charge in [0.05, 0.1) is 7.11 Å². The molecule has 1 aliphatic carbocycles. The van der Waals surface area contributed by atoms with E-state index in [2.05, 4.69) is 32.5 Å². The third-order valence-electron chi connectivity index (χ3n) is 1.10. The summed E-state index contributed by atoms with van der Waals surface area (Å²) in [5.74, 6) is 0.872. The minimum atomic E-state index is 0. The first-order valence-corrected chi connectivity index (χ1v) is 3.45. The normalized spacial score (nSPS) is 10.3. The summed E-state index contributed by atoms with van der Waals surface area (Å²) >= 11 is 0. The molecule has 0 saturated heterocycles. The zero-order valence-electron chi connectivity index (χ0n) is 8.29. The molecule has 0 spiro atoms. The SMILES string of the molecule is COC1=[C-]CCC=C1.[CH-]=O.[CH-]=O.[CH-]=O.[Fe+4]. The molecule has 0 aromatic rings. The molecule has 15 heavy (non-hydrogen) atoms. The van der Waals surface area contributed by atoms with Gasteiger partial charge in [-0.25, -0.2) is 6.08 Å². The Hall–Kier alpha value is -1.19. The van der Waals surface area contributed by atoms with E-state index < -0.39 is 0 Å². The number of allylic oxidation sites excluding steroid dienone is 3. The van der Waals surface area contributed by atoms with Crippen molar-refractivity contribution in [3.8, 4) is 0 Å². The number of hydrogen-bond acceptors (Lipinski definition) is 4. The third kappa shape index (κ3) is 19.3. The van der Waals surface area contributed by atoms with Crippen LogP contribution in [0.15, 0.2) is 17.9 Å². The zero-order valence-corrected chi connectivity index (χ0v) is 9.39. The van der Waals surface area contributed by atoms with Crippen molar-refractivity contribution in [1.29, 1.82) is 0 Å². The molecule has 0 bridgehead atoms. The molecule has 0 heterocycles. The summed E-state index contributed by atoms with van der Waals surface area (Å²) in [7, 11) is 1.66. The summed E-state index contributed by atoms with van der Waals surface area (Å²) in [6, 6.07) is 0. The van der Waals surface area contributed by atoms with Gasteiger partial charge >= 0.3 is 17.1 Å². The van der Waals surface area contributed by atoms with Crippen molar-refractivity contribution in [1.82, 2.24) is 0 Å². The maximum absolute atomic E-state index is 7.75. The summed E-state index contributed by atoms with van der Waals surface area (Å²) in [4.78, 5) is 23.2. The standard InChI is InChI=1S/C7H9O.3CHO.Fe/c1-8-7-5-3-2-4-6-7;3*1-2;/h3,5H,2,4H2,1H3;3*1H;/q4*-1;+4. The largest absolute Gasteiger partial charge is 4.00 e. The molecular weight excluding hydrogens is 240 g/mol. The molecular formula is C10H12FeO4. The zero-order chi connectivity index (χ0) is 11.8. The van der Waals surface area contributed by atoms with E-state index in [1.807, 2.05) is 6.08 Å². The van der Waals surface area contributed by atoms with Crippen LogP contribution in [-0.4, -0.2) is 27.5 Å². The monoisotopic (exact) mass is 252 g/mol. The Balaban J connectivity index is -0.0000000755. The van der Waals surface area contributed by atoms with Gasteiger partial charge < -0.3 is 19.1 Å². The van der Waals surface area contributed by atoms with Gasteiger partial charge in [-0.05, 0) is 0 Å². The average Bonchev–Trinajstić information content (AvgIpc) is 2.37. The van der Waals surface area contributed by atoms with Crippen LogP contribution in [0.25, 0.3) is 0 Å². The van der Waals surface area contributed by atoms with Crippen molar-refractivity contribution in [3.63, 3.8) is 0 Å². The Bertz CT molecular complexity index is 164. The molecule has 84 valence electrons. The van der Waals surface area contributed by atoms with E-state index in [-0.39, 0.29) is 17.1 Å². The Kier molecular flexibility index (Phi) is 46.0. The van der Waals surface area contributed by atoms with Crippen LogP contribution >= 0.6 is 0 Å². The maximum Gasteiger partial charge on any atom is 4.00 e. The first kappa shape index (κ1) is 23.5. The van der Waals surface area contributed by atoms with Crippen molar-refractivity contribution in [3.05, 3.63) is 24.0 Å². The second-order valence-electron chi connectivity index (χ2n) is 1.69. The first-order valence-electron chi connectivity index (χ1n) is 3.45. The molecule has 0 fully saturated rings. The van der Waals surface area contributed by atoms with Crippen LogP contribution in [0.1, 0.15) is 12.8 Å². The predicted molar refractivity (Wildman–Crippen MR) is 52.4 cm³/mol. The summed E-state index contributed by atoms with van der Waals surface area (Å²) in [5.41, 5.74) is 0. The van der Waals surface area contributed by atoms with Crippen LogP contribution in [0, 0.1) is 6.08 Å². The Morgan fingerprint density at radius 3 is 1.87 bits per heavy atom. The van der Waals surface area contributed by atoms with Gasteiger partial charge in [0.15, 0.2) is 0 Å². The van der Waals surface area contributed by atoms with E-state index in [0.717, 1.165) is 18.6 Å². The molecule has 0 saturated carbocycles. The van der Waals surface area contributed by atoms with E-state index in [1.54, 1.807) is 7.11 Å². The second kappa shape index (κ2) is 29.3. The van der Waals surface area contributed by atoms with E-state index in [1.165, 1.54) is 0 Å². The molecule has 0 aliphatic heterocycles. The fraction of sp³-hybridized carbons (Fsp3) is 0.300. The number of rotatable bonds is 1. The van der Waals surface area contributed by atoms with Gasteiger partial charge in [-0.2, -0.15) is 12.2 Å². The van der Waals surface area contributed by atoms with Crippen molar-refractivity contribution in [2.24, 2.45) is 0 Å². The summed E-state index contributed by atoms with van der Waals surface area (Å²) in [5, 5.41) is 0. The smallest absolute Gasteiger partial charge is 0.545 e.